The number of amides is 1. The fourth-order valence-electron chi connectivity index (χ4n) is 4.80. The van der Waals surface area contributed by atoms with Crippen molar-refractivity contribution in [3.8, 4) is 0 Å². The SMILES string of the molecule is Cn1nc(N2CCC(C(=O)N3CCN(S(=O)(=O)c4ccc5c(Cl)c[nH]c5c4)CC3)CC2)ccc1=O. The quantitative estimate of drug-likeness (QED) is 0.562. The maximum absolute atomic E-state index is 13.2. The number of carbonyl (C=O) groups is 1. The Bertz CT molecular complexity index is 1420. The van der Waals surface area contributed by atoms with Gasteiger partial charge in [0.15, 0.2) is 0 Å². The number of hydrogen-bond donors (Lipinski definition) is 1. The minimum atomic E-state index is -3.67. The molecule has 0 bridgehead atoms. The van der Waals surface area contributed by atoms with Gasteiger partial charge in [-0.2, -0.15) is 9.40 Å². The molecule has 1 aromatic carbocycles. The largest absolute Gasteiger partial charge is 0.360 e. The average Bonchev–Trinajstić information content (AvgIpc) is 3.25. The molecule has 2 aromatic heterocycles. The highest BCUT2D eigenvalue weighted by atomic mass is 35.5. The summed E-state index contributed by atoms with van der Waals surface area (Å²) in [5, 5.41) is 5.62. The van der Waals surface area contributed by atoms with Crippen LogP contribution in [-0.2, 0) is 21.9 Å². The number of aromatic nitrogens is 3. The summed E-state index contributed by atoms with van der Waals surface area (Å²) in [6.07, 6.45) is 3.03. The zero-order valence-electron chi connectivity index (χ0n) is 19.4. The van der Waals surface area contributed by atoms with Crippen molar-refractivity contribution in [3.05, 3.63) is 51.9 Å². The van der Waals surface area contributed by atoms with Crippen LogP contribution in [0.15, 0.2) is 46.2 Å². The second-order valence-electron chi connectivity index (χ2n) is 8.99. The normalized spacial score (nSPS) is 18.3. The fourth-order valence-corrected chi connectivity index (χ4v) is 6.47. The van der Waals surface area contributed by atoms with Gasteiger partial charge in [-0.05, 0) is 37.1 Å². The Morgan fingerprint density at radius 2 is 1.77 bits per heavy atom. The molecule has 0 aliphatic carbocycles. The van der Waals surface area contributed by atoms with Crippen molar-refractivity contribution in [2.75, 3.05) is 44.2 Å². The van der Waals surface area contributed by atoms with Gasteiger partial charge >= 0.3 is 0 Å². The van der Waals surface area contributed by atoms with Crippen LogP contribution in [0.5, 0.6) is 0 Å². The number of nitrogens with one attached hydrogen (secondary N) is 1. The third-order valence-corrected chi connectivity index (χ3v) is 9.11. The Hall–Kier alpha value is -2.89. The summed E-state index contributed by atoms with van der Waals surface area (Å²) in [4.78, 5) is 31.8. The van der Waals surface area contributed by atoms with Gasteiger partial charge in [-0.25, -0.2) is 13.1 Å². The molecule has 186 valence electrons. The molecule has 2 aliphatic rings. The molecule has 1 amide bonds. The van der Waals surface area contributed by atoms with Gasteiger partial charge in [0.2, 0.25) is 15.9 Å². The summed E-state index contributed by atoms with van der Waals surface area (Å²) in [7, 11) is -2.05. The van der Waals surface area contributed by atoms with E-state index in [0.717, 1.165) is 11.2 Å². The number of carbonyl (C=O) groups excluding carboxylic acids is 1. The second-order valence-corrected chi connectivity index (χ2v) is 11.3. The number of sulfonamides is 1. The fraction of sp³-hybridized carbons (Fsp3) is 0.435. The molecular weight excluding hydrogens is 492 g/mol. The number of halogens is 1. The molecule has 1 N–H and O–H groups in total. The molecule has 5 rings (SSSR count). The van der Waals surface area contributed by atoms with Gasteiger partial charge in [0.25, 0.3) is 5.56 Å². The van der Waals surface area contributed by atoms with E-state index in [1.165, 1.54) is 15.1 Å². The second kappa shape index (κ2) is 9.29. The summed E-state index contributed by atoms with van der Waals surface area (Å²) in [6.45, 7) is 2.63. The first-order chi connectivity index (χ1) is 16.7. The minimum Gasteiger partial charge on any atom is -0.360 e. The predicted octanol–water partition coefficient (Wildman–Crippen LogP) is 1.66. The zero-order chi connectivity index (χ0) is 24.7. The van der Waals surface area contributed by atoms with Crippen molar-refractivity contribution in [1.82, 2.24) is 24.0 Å². The topological polar surface area (TPSA) is 112 Å². The summed E-state index contributed by atoms with van der Waals surface area (Å²) in [5.41, 5.74) is 0.512. The third kappa shape index (κ3) is 4.55. The van der Waals surface area contributed by atoms with Gasteiger partial charge in [-0.15, -0.1) is 0 Å². The maximum Gasteiger partial charge on any atom is 0.266 e. The number of aryl methyl sites for hydroxylation is 1. The monoisotopic (exact) mass is 518 g/mol. The maximum atomic E-state index is 13.2. The van der Waals surface area contributed by atoms with Crippen LogP contribution >= 0.6 is 11.6 Å². The van der Waals surface area contributed by atoms with Crippen LogP contribution in [-0.4, -0.2) is 77.6 Å². The van der Waals surface area contributed by atoms with E-state index >= 15 is 0 Å². The molecule has 0 saturated carbocycles. The van der Waals surface area contributed by atoms with Crippen molar-refractivity contribution in [2.45, 2.75) is 17.7 Å². The number of H-pyrrole nitrogens is 1. The number of piperidine rings is 1. The molecule has 0 spiro atoms. The number of fused-ring (bicyclic) bond motifs is 1. The van der Waals surface area contributed by atoms with E-state index in [-0.39, 0.29) is 35.4 Å². The molecule has 3 aromatic rings. The number of rotatable bonds is 4. The summed E-state index contributed by atoms with van der Waals surface area (Å²) in [6, 6.07) is 8.09. The average molecular weight is 519 g/mol. The number of hydrogen-bond acceptors (Lipinski definition) is 6. The Morgan fingerprint density at radius 1 is 1.06 bits per heavy atom. The summed E-state index contributed by atoms with van der Waals surface area (Å²) < 4.78 is 29.1. The molecule has 0 atom stereocenters. The molecular formula is C23H27ClN6O4S. The Morgan fingerprint density at radius 3 is 2.46 bits per heavy atom. The Labute approximate surface area is 208 Å². The van der Waals surface area contributed by atoms with E-state index in [1.807, 2.05) is 0 Å². The first kappa shape index (κ1) is 23.8. The van der Waals surface area contributed by atoms with Gasteiger partial charge in [0.1, 0.15) is 5.82 Å². The van der Waals surface area contributed by atoms with Crippen molar-refractivity contribution in [1.29, 1.82) is 0 Å². The third-order valence-electron chi connectivity index (χ3n) is 6.91. The van der Waals surface area contributed by atoms with Crippen molar-refractivity contribution in [2.24, 2.45) is 13.0 Å². The highest BCUT2D eigenvalue weighted by Gasteiger charge is 2.34. The molecule has 2 fully saturated rings. The van der Waals surface area contributed by atoms with Crippen LogP contribution in [0.2, 0.25) is 5.02 Å². The number of anilines is 1. The van der Waals surface area contributed by atoms with Crippen molar-refractivity contribution < 1.29 is 13.2 Å². The number of nitrogens with zero attached hydrogens (tertiary/aromatic N) is 5. The Balaban J connectivity index is 1.18. The number of piperazine rings is 1. The number of benzene rings is 1. The lowest BCUT2D eigenvalue weighted by Gasteiger charge is -2.38. The summed E-state index contributed by atoms with van der Waals surface area (Å²) >= 11 is 6.10. The van der Waals surface area contributed by atoms with Gasteiger partial charge in [-0.1, -0.05) is 11.6 Å². The highest BCUT2D eigenvalue weighted by Crippen LogP contribution is 2.28. The van der Waals surface area contributed by atoms with Crippen LogP contribution in [0.4, 0.5) is 5.82 Å². The van der Waals surface area contributed by atoms with Crippen LogP contribution in [0.25, 0.3) is 10.9 Å². The minimum absolute atomic E-state index is 0.0811. The van der Waals surface area contributed by atoms with Crippen LogP contribution in [0.1, 0.15) is 12.8 Å². The van der Waals surface area contributed by atoms with Crippen LogP contribution < -0.4 is 10.5 Å². The highest BCUT2D eigenvalue weighted by molar-refractivity contribution is 7.89. The molecule has 0 radical (unpaired) electrons. The van der Waals surface area contributed by atoms with Crippen LogP contribution in [0.3, 0.4) is 0 Å². The van der Waals surface area contributed by atoms with E-state index < -0.39 is 10.0 Å². The predicted molar refractivity (Wildman–Crippen MR) is 133 cm³/mol. The standard InChI is InChI=1S/C23H27ClN6O4S/c1-27-22(31)5-4-21(26-27)28-8-6-16(7-9-28)23(32)29-10-12-30(13-11-29)35(33,34)17-2-3-18-19(24)15-25-20(18)14-17/h2-5,14-16,25H,6-13H2,1H3. The molecule has 10 nitrogen and oxygen atoms in total. The van der Waals surface area contributed by atoms with E-state index in [0.29, 0.717) is 49.6 Å². The van der Waals surface area contributed by atoms with E-state index in [1.54, 1.807) is 42.4 Å². The molecule has 2 saturated heterocycles. The first-order valence-corrected chi connectivity index (χ1v) is 13.4. The number of aromatic amines is 1. The molecule has 35 heavy (non-hydrogen) atoms. The molecule has 0 unspecified atom stereocenters. The molecule has 2 aliphatic heterocycles. The lowest BCUT2D eigenvalue weighted by atomic mass is 9.95. The molecule has 12 heteroatoms. The van der Waals surface area contributed by atoms with Gasteiger partial charge < -0.3 is 14.8 Å². The van der Waals surface area contributed by atoms with Gasteiger partial charge in [0.05, 0.1) is 9.92 Å². The first-order valence-electron chi connectivity index (χ1n) is 11.6. The Kier molecular flexibility index (Phi) is 6.32. The van der Waals surface area contributed by atoms with Crippen molar-refractivity contribution in [3.63, 3.8) is 0 Å². The van der Waals surface area contributed by atoms with Crippen molar-refractivity contribution >= 4 is 44.3 Å². The van der Waals surface area contributed by atoms with E-state index in [4.69, 9.17) is 11.6 Å². The zero-order valence-corrected chi connectivity index (χ0v) is 20.9. The van der Waals surface area contributed by atoms with Crippen LogP contribution in [0, 0.1) is 5.92 Å². The molecule has 4 heterocycles. The van der Waals surface area contributed by atoms with Gasteiger partial charge in [-0.3, -0.25) is 9.59 Å². The smallest absolute Gasteiger partial charge is 0.266 e. The van der Waals surface area contributed by atoms with E-state index in [9.17, 15) is 18.0 Å². The van der Waals surface area contributed by atoms with E-state index in [2.05, 4.69) is 15.0 Å². The summed E-state index contributed by atoms with van der Waals surface area (Å²) in [5.74, 6) is 0.719. The lowest BCUT2D eigenvalue weighted by molar-refractivity contribution is -0.137. The lowest BCUT2D eigenvalue weighted by Crippen LogP contribution is -2.52. The van der Waals surface area contributed by atoms with Gasteiger partial charge in [0, 0.05) is 75.4 Å².